The molecule has 0 saturated carbocycles. The highest BCUT2D eigenvalue weighted by molar-refractivity contribution is 5.30. The van der Waals surface area contributed by atoms with Crippen molar-refractivity contribution in [3.63, 3.8) is 0 Å². The normalized spacial score (nSPS) is 12.4. The van der Waals surface area contributed by atoms with E-state index in [9.17, 15) is 4.39 Å². The van der Waals surface area contributed by atoms with Crippen molar-refractivity contribution in [2.45, 2.75) is 33.2 Å². The van der Waals surface area contributed by atoms with E-state index >= 15 is 0 Å². The molecule has 1 heterocycles. The number of hydrogen-bond acceptors (Lipinski definition) is 3. The Morgan fingerprint density at radius 1 is 1.20 bits per heavy atom. The number of nitrogens with one attached hydrogen (secondary N) is 1. The zero-order chi connectivity index (χ0) is 14.5. The molecule has 1 atom stereocenters. The number of aryl methyl sites for hydroxylation is 2. The molecule has 1 unspecified atom stereocenters. The Balaban J connectivity index is 2.35. The van der Waals surface area contributed by atoms with Gasteiger partial charge >= 0.3 is 0 Å². The number of benzene rings is 1. The Morgan fingerprint density at radius 2 is 1.90 bits per heavy atom. The van der Waals surface area contributed by atoms with Gasteiger partial charge in [-0.1, -0.05) is 19.1 Å². The van der Waals surface area contributed by atoms with Crippen LogP contribution in [-0.4, -0.2) is 16.5 Å². The van der Waals surface area contributed by atoms with Crippen LogP contribution in [0.1, 0.15) is 41.9 Å². The van der Waals surface area contributed by atoms with Gasteiger partial charge in [0.2, 0.25) is 0 Å². The van der Waals surface area contributed by atoms with Gasteiger partial charge in [0.25, 0.3) is 0 Å². The SMILES string of the molecule is CCCNC(c1ccc(F)c(C)c1)c1ncc(C)cn1. The molecule has 0 spiro atoms. The molecule has 0 saturated heterocycles. The summed E-state index contributed by atoms with van der Waals surface area (Å²) in [6.07, 6.45) is 4.63. The van der Waals surface area contributed by atoms with Crippen LogP contribution < -0.4 is 5.32 Å². The lowest BCUT2D eigenvalue weighted by atomic mass is 10.0. The van der Waals surface area contributed by atoms with Crippen molar-refractivity contribution in [3.8, 4) is 0 Å². The van der Waals surface area contributed by atoms with Crippen LogP contribution in [0.25, 0.3) is 0 Å². The van der Waals surface area contributed by atoms with Gasteiger partial charge in [-0.2, -0.15) is 0 Å². The first-order valence-corrected chi connectivity index (χ1v) is 6.89. The van der Waals surface area contributed by atoms with Crippen LogP contribution in [0.4, 0.5) is 4.39 Å². The molecule has 3 nitrogen and oxygen atoms in total. The van der Waals surface area contributed by atoms with Crippen molar-refractivity contribution in [1.82, 2.24) is 15.3 Å². The Kier molecular flexibility index (Phi) is 4.79. The maximum absolute atomic E-state index is 13.4. The van der Waals surface area contributed by atoms with Crippen LogP contribution >= 0.6 is 0 Å². The summed E-state index contributed by atoms with van der Waals surface area (Å²) in [5.74, 6) is 0.530. The number of halogens is 1. The van der Waals surface area contributed by atoms with Gasteiger partial charge in [0.05, 0.1) is 6.04 Å². The standard InChI is InChI=1S/C16H20FN3/c1-4-7-18-15(16-19-9-11(2)10-20-16)13-5-6-14(17)12(3)8-13/h5-6,8-10,15,18H,4,7H2,1-3H3. The maximum atomic E-state index is 13.4. The van der Waals surface area contributed by atoms with Gasteiger partial charge in [-0.05, 0) is 49.6 Å². The topological polar surface area (TPSA) is 37.8 Å². The lowest BCUT2D eigenvalue weighted by Gasteiger charge is -2.18. The molecule has 106 valence electrons. The zero-order valence-corrected chi connectivity index (χ0v) is 12.2. The predicted octanol–water partition coefficient (Wildman–Crippen LogP) is 3.32. The molecule has 1 N–H and O–H groups in total. The smallest absolute Gasteiger partial charge is 0.149 e. The third-order valence-electron chi connectivity index (χ3n) is 3.17. The minimum Gasteiger partial charge on any atom is -0.304 e. The second kappa shape index (κ2) is 6.57. The minimum atomic E-state index is -0.187. The average molecular weight is 273 g/mol. The number of hydrogen-bond donors (Lipinski definition) is 1. The van der Waals surface area contributed by atoms with Crippen molar-refractivity contribution in [2.75, 3.05) is 6.54 Å². The molecular formula is C16H20FN3. The highest BCUT2D eigenvalue weighted by atomic mass is 19.1. The Bertz CT molecular complexity index is 566. The molecule has 1 aromatic carbocycles. The Labute approximate surface area is 119 Å². The van der Waals surface area contributed by atoms with Gasteiger partial charge in [0.1, 0.15) is 11.6 Å². The van der Waals surface area contributed by atoms with Crippen LogP contribution in [0, 0.1) is 19.7 Å². The number of aromatic nitrogens is 2. The van der Waals surface area contributed by atoms with E-state index in [1.54, 1.807) is 25.4 Å². The van der Waals surface area contributed by atoms with Gasteiger partial charge in [-0.3, -0.25) is 0 Å². The first kappa shape index (κ1) is 14.6. The van der Waals surface area contributed by atoms with E-state index < -0.39 is 0 Å². The van der Waals surface area contributed by atoms with Crippen molar-refractivity contribution >= 4 is 0 Å². The summed E-state index contributed by atoms with van der Waals surface area (Å²) in [5.41, 5.74) is 2.65. The average Bonchev–Trinajstić information content (AvgIpc) is 2.45. The molecule has 2 aromatic rings. The fourth-order valence-electron chi connectivity index (χ4n) is 2.05. The first-order chi connectivity index (χ1) is 9.61. The molecule has 0 aliphatic heterocycles. The third kappa shape index (κ3) is 3.39. The summed E-state index contributed by atoms with van der Waals surface area (Å²) in [7, 11) is 0. The molecular weight excluding hydrogens is 253 g/mol. The maximum Gasteiger partial charge on any atom is 0.149 e. The predicted molar refractivity (Wildman–Crippen MR) is 78.0 cm³/mol. The summed E-state index contributed by atoms with van der Waals surface area (Å²) < 4.78 is 13.4. The highest BCUT2D eigenvalue weighted by Crippen LogP contribution is 2.21. The molecule has 0 fully saturated rings. The Hall–Kier alpha value is -1.81. The van der Waals surface area contributed by atoms with E-state index in [0.717, 1.165) is 29.9 Å². The van der Waals surface area contributed by atoms with Crippen molar-refractivity contribution in [1.29, 1.82) is 0 Å². The fraction of sp³-hybridized carbons (Fsp3) is 0.375. The van der Waals surface area contributed by atoms with Gasteiger partial charge in [0, 0.05) is 12.4 Å². The number of rotatable bonds is 5. The molecule has 2 rings (SSSR count). The molecule has 0 aliphatic rings. The number of nitrogens with zero attached hydrogens (tertiary/aromatic N) is 2. The second-order valence-corrected chi connectivity index (χ2v) is 5.01. The fourth-order valence-corrected chi connectivity index (χ4v) is 2.05. The first-order valence-electron chi connectivity index (χ1n) is 6.89. The van der Waals surface area contributed by atoms with E-state index in [0.29, 0.717) is 5.56 Å². The van der Waals surface area contributed by atoms with Gasteiger partial charge in [0.15, 0.2) is 0 Å². The lowest BCUT2D eigenvalue weighted by molar-refractivity contribution is 0.567. The molecule has 0 amide bonds. The third-order valence-corrected chi connectivity index (χ3v) is 3.17. The van der Waals surface area contributed by atoms with Crippen molar-refractivity contribution in [2.24, 2.45) is 0 Å². The minimum absolute atomic E-state index is 0.102. The van der Waals surface area contributed by atoms with Crippen LogP contribution in [0.15, 0.2) is 30.6 Å². The zero-order valence-electron chi connectivity index (χ0n) is 12.2. The summed E-state index contributed by atoms with van der Waals surface area (Å²) in [6.45, 7) is 6.69. The van der Waals surface area contributed by atoms with E-state index in [1.165, 1.54) is 6.07 Å². The summed E-state index contributed by atoms with van der Waals surface area (Å²) in [4.78, 5) is 8.79. The van der Waals surface area contributed by atoms with Crippen LogP contribution in [0.5, 0.6) is 0 Å². The summed E-state index contributed by atoms with van der Waals surface area (Å²) >= 11 is 0. The largest absolute Gasteiger partial charge is 0.304 e. The van der Waals surface area contributed by atoms with E-state index in [2.05, 4.69) is 22.2 Å². The monoisotopic (exact) mass is 273 g/mol. The molecule has 0 aliphatic carbocycles. The second-order valence-electron chi connectivity index (χ2n) is 5.01. The van der Waals surface area contributed by atoms with Crippen LogP contribution in [-0.2, 0) is 0 Å². The summed E-state index contributed by atoms with van der Waals surface area (Å²) in [5, 5.41) is 3.42. The molecule has 4 heteroatoms. The van der Waals surface area contributed by atoms with Crippen LogP contribution in [0.2, 0.25) is 0 Å². The molecule has 20 heavy (non-hydrogen) atoms. The Morgan fingerprint density at radius 3 is 2.50 bits per heavy atom. The van der Waals surface area contributed by atoms with Crippen molar-refractivity contribution < 1.29 is 4.39 Å². The van der Waals surface area contributed by atoms with E-state index in [1.807, 2.05) is 13.0 Å². The molecule has 0 radical (unpaired) electrons. The van der Waals surface area contributed by atoms with Crippen LogP contribution in [0.3, 0.4) is 0 Å². The van der Waals surface area contributed by atoms with Gasteiger partial charge < -0.3 is 5.32 Å². The quantitative estimate of drug-likeness (QED) is 0.908. The highest BCUT2D eigenvalue weighted by Gasteiger charge is 2.16. The van der Waals surface area contributed by atoms with E-state index in [-0.39, 0.29) is 11.9 Å². The van der Waals surface area contributed by atoms with Gasteiger partial charge in [-0.25, -0.2) is 14.4 Å². The van der Waals surface area contributed by atoms with E-state index in [4.69, 9.17) is 0 Å². The molecule has 1 aromatic heterocycles. The lowest BCUT2D eigenvalue weighted by Crippen LogP contribution is -2.25. The molecule has 0 bridgehead atoms. The van der Waals surface area contributed by atoms with Gasteiger partial charge in [-0.15, -0.1) is 0 Å². The summed E-state index contributed by atoms with van der Waals surface area (Å²) in [6, 6.07) is 5.04. The van der Waals surface area contributed by atoms with Crippen molar-refractivity contribution in [3.05, 3.63) is 58.9 Å².